The van der Waals surface area contributed by atoms with Crippen molar-refractivity contribution >= 4 is 11.8 Å². The Balaban J connectivity index is 1.09. The summed E-state index contributed by atoms with van der Waals surface area (Å²) < 4.78 is 80.4. The predicted octanol–water partition coefficient (Wildman–Crippen LogP) is 8.31. The van der Waals surface area contributed by atoms with Crippen LogP contribution in [-0.2, 0) is 29.5 Å². The van der Waals surface area contributed by atoms with Gasteiger partial charge in [0.15, 0.2) is 0 Å². The van der Waals surface area contributed by atoms with Gasteiger partial charge in [-0.1, -0.05) is 78.9 Å². The van der Waals surface area contributed by atoms with Gasteiger partial charge in [-0.2, -0.15) is 26.3 Å². The monoisotopic (exact) mass is 690 g/mol. The summed E-state index contributed by atoms with van der Waals surface area (Å²) in [5, 5.41) is 4.97. The second kappa shape index (κ2) is 13.9. The number of carbonyl (C=O) groups excluding carboxylic acids is 2. The van der Waals surface area contributed by atoms with Gasteiger partial charge in [-0.3, -0.25) is 9.59 Å². The highest BCUT2D eigenvalue weighted by Crippen LogP contribution is 2.51. The van der Waals surface area contributed by atoms with E-state index in [4.69, 9.17) is 0 Å². The van der Waals surface area contributed by atoms with Gasteiger partial charge < -0.3 is 15.2 Å². The first kappa shape index (κ1) is 34.5. The number of hydrogen-bond acceptors (Lipinski definition) is 3. The van der Waals surface area contributed by atoms with E-state index in [9.17, 15) is 35.9 Å². The lowest BCUT2D eigenvalue weighted by atomic mass is 9.73. The molecule has 0 spiro atoms. The zero-order chi connectivity index (χ0) is 35.5. The van der Waals surface area contributed by atoms with Gasteiger partial charge in [0.2, 0.25) is 5.91 Å². The highest BCUT2D eigenvalue weighted by Gasteiger charge is 2.49. The maximum absolute atomic E-state index is 13.7. The number of aromatic nitrogens is 2. The van der Waals surface area contributed by atoms with Gasteiger partial charge in [0.25, 0.3) is 5.91 Å². The fourth-order valence-electron chi connectivity index (χ4n) is 6.63. The zero-order valence-corrected chi connectivity index (χ0v) is 26.6. The van der Waals surface area contributed by atoms with Crippen LogP contribution in [0.5, 0.6) is 0 Å². The number of nitrogens with one attached hydrogen (secondary N) is 2. The Bertz CT molecular complexity index is 1950. The third-order valence-electron chi connectivity index (χ3n) is 8.93. The number of halogens is 6. The molecule has 50 heavy (non-hydrogen) atoms. The summed E-state index contributed by atoms with van der Waals surface area (Å²) in [4.78, 5) is 31.2. The number of benzene rings is 4. The van der Waals surface area contributed by atoms with Crippen molar-refractivity contribution < 1.29 is 35.9 Å². The van der Waals surface area contributed by atoms with Crippen LogP contribution in [0.25, 0.3) is 22.3 Å². The highest BCUT2D eigenvalue weighted by atomic mass is 19.4. The molecular weight excluding hydrogens is 658 g/mol. The third-order valence-corrected chi connectivity index (χ3v) is 8.93. The molecule has 2 N–H and O–H groups in total. The molecule has 6 rings (SSSR count). The van der Waals surface area contributed by atoms with E-state index in [0.29, 0.717) is 59.3 Å². The maximum atomic E-state index is 13.7. The fourth-order valence-corrected chi connectivity index (χ4v) is 6.63. The number of alkyl halides is 6. The zero-order valence-electron chi connectivity index (χ0n) is 26.6. The Labute approximate surface area is 284 Å². The molecule has 0 saturated carbocycles. The summed E-state index contributed by atoms with van der Waals surface area (Å²) in [6.45, 7) is -0.808. The summed E-state index contributed by atoms with van der Waals surface area (Å²) in [5.74, 6) is -1.10. The number of imidazole rings is 1. The Morgan fingerprint density at radius 3 is 1.94 bits per heavy atom. The lowest BCUT2D eigenvalue weighted by molar-refractivity contribution is -0.141. The smallest absolute Gasteiger partial charge is 0.346 e. The van der Waals surface area contributed by atoms with E-state index in [-0.39, 0.29) is 6.54 Å². The molecule has 2 amide bonds. The number of carbonyl (C=O) groups is 2. The van der Waals surface area contributed by atoms with Crippen molar-refractivity contribution in [3.63, 3.8) is 0 Å². The topological polar surface area (TPSA) is 76.0 Å². The number of aryl methyl sites for hydroxylation is 1. The number of nitrogens with zero attached hydrogens (tertiary/aromatic N) is 2. The first-order valence-electron chi connectivity index (χ1n) is 16.0. The summed E-state index contributed by atoms with van der Waals surface area (Å²) in [6, 6.07) is 25.9. The average Bonchev–Trinajstić information content (AvgIpc) is 3.68. The molecule has 6 nitrogen and oxygen atoms in total. The highest BCUT2D eigenvalue weighted by molar-refractivity contribution is 6.01. The molecular formula is C38H32F6N4O2. The third kappa shape index (κ3) is 7.15. The minimum absolute atomic E-state index is 0.100. The van der Waals surface area contributed by atoms with Crippen LogP contribution < -0.4 is 10.6 Å². The van der Waals surface area contributed by atoms with Gasteiger partial charge in [0, 0.05) is 18.3 Å². The molecule has 4 aromatic carbocycles. The molecule has 12 heteroatoms. The molecule has 0 atom stereocenters. The molecule has 5 aromatic rings. The van der Waals surface area contributed by atoms with Gasteiger partial charge in [-0.05, 0) is 70.8 Å². The standard InChI is InChI=1S/C38H32F6N4O2/c39-37(40,41)23-46-35(50)36(32-13-5-3-10-29(32)30-11-4-6-14-33(30)36)19-7-8-20-48-22-27(47-24-48)21-45-34(49)31-12-2-1-9-28(31)25-15-17-26(18-16-25)38(42,43)44/h1-6,9-18,22,24H,7-8,19-21,23H2,(H,45,49)(H,46,50). The number of hydrogen-bond donors (Lipinski definition) is 2. The largest absolute Gasteiger partial charge is 0.416 e. The fraction of sp³-hybridized carbons (Fsp3) is 0.237. The van der Waals surface area contributed by atoms with Crippen molar-refractivity contribution in [1.82, 2.24) is 20.2 Å². The Hall–Kier alpha value is -5.39. The van der Waals surface area contributed by atoms with E-state index in [1.807, 2.05) is 28.8 Å². The van der Waals surface area contributed by atoms with E-state index >= 15 is 0 Å². The minimum atomic E-state index is -4.55. The number of unbranched alkanes of at least 4 members (excludes halogenated alkanes) is 1. The molecule has 258 valence electrons. The van der Waals surface area contributed by atoms with E-state index in [1.54, 1.807) is 61.1 Å². The SMILES string of the molecule is O=C(NCc1cn(CCCCC2(C(=O)NCC(F)(F)F)c3ccccc3-c3ccccc32)cn1)c1ccccc1-c1ccc(C(F)(F)F)cc1. The maximum Gasteiger partial charge on any atom is 0.416 e. The van der Waals surface area contributed by atoms with Crippen LogP contribution >= 0.6 is 0 Å². The van der Waals surface area contributed by atoms with Crippen LogP contribution in [0.4, 0.5) is 26.3 Å². The molecule has 0 aliphatic heterocycles. The molecule has 1 heterocycles. The van der Waals surface area contributed by atoms with Crippen molar-refractivity contribution in [2.75, 3.05) is 6.54 Å². The second-order valence-electron chi connectivity index (χ2n) is 12.2. The van der Waals surface area contributed by atoms with E-state index in [2.05, 4.69) is 15.6 Å². The van der Waals surface area contributed by atoms with E-state index < -0.39 is 41.7 Å². The average molecular weight is 691 g/mol. The summed E-state index contributed by atoms with van der Waals surface area (Å²) in [7, 11) is 0. The van der Waals surface area contributed by atoms with Crippen LogP contribution in [0.15, 0.2) is 110 Å². The second-order valence-corrected chi connectivity index (χ2v) is 12.2. The molecule has 1 aromatic heterocycles. The molecule has 1 aliphatic rings. The molecule has 0 fully saturated rings. The molecule has 1 aliphatic carbocycles. The molecule has 0 saturated heterocycles. The Kier molecular flexibility index (Phi) is 9.55. The normalized spacial score (nSPS) is 13.4. The van der Waals surface area contributed by atoms with Crippen molar-refractivity contribution in [2.24, 2.45) is 0 Å². The van der Waals surface area contributed by atoms with Crippen LogP contribution in [0.3, 0.4) is 0 Å². The Morgan fingerprint density at radius 1 is 0.720 bits per heavy atom. The molecule has 0 bridgehead atoms. The van der Waals surface area contributed by atoms with Gasteiger partial charge in [0.05, 0.1) is 24.1 Å². The lowest BCUT2D eigenvalue weighted by Crippen LogP contribution is -2.47. The van der Waals surface area contributed by atoms with Gasteiger partial charge in [-0.25, -0.2) is 4.98 Å². The van der Waals surface area contributed by atoms with Gasteiger partial charge in [0.1, 0.15) is 12.0 Å². The number of amides is 2. The van der Waals surface area contributed by atoms with Crippen LogP contribution in [-0.4, -0.2) is 34.1 Å². The lowest BCUT2D eigenvalue weighted by Gasteiger charge is -2.31. The number of rotatable bonds is 11. The van der Waals surface area contributed by atoms with Gasteiger partial charge in [-0.15, -0.1) is 0 Å². The van der Waals surface area contributed by atoms with Crippen molar-refractivity contribution in [3.05, 3.63) is 138 Å². The molecule has 0 radical (unpaired) electrons. The first-order chi connectivity index (χ1) is 23.9. The minimum Gasteiger partial charge on any atom is -0.346 e. The van der Waals surface area contributed by atoms with E-state index in [1.165, 1.54) is 12.1 Å². The summed E-state index contributed by atoms with van der Waals surface area (Å²) in [5.41, 5.74) is 2.80. The Morgan fingerprint density at radius 2 is 1.32 bits per heavy atom. The van der Waals surface area contributed by atoms with Crippen LogP contribution in [0.2, 0.25) is 0 Å². The quantitative estimate of drug-likeness (QED) is 0.108. The van der Waals surface area contributed by atoms with Crippen molar-refractivity contribution in [1.29, 1.82) is 0 Å². The summed E-state index contributed by atoms with van der Waals surface area (Å²) in [6.07, 6.45) is -4.22. The van der Waals surface area contributed by atoms with Crippen LogP contribution in [0, 0.1) is 0 Å². The molecule has 0 unspecified atom stereocenters. The van der Waals surface area contributed by atoms with Gasteiger partial charge >= 0.3 is 12.4 Å². The van der Waals surface area contributed by atoms with E-state index in [0.717, 1.165) is 23.3 Å². The summed E-state index contributed by atoms with van der Waals surface area (Å²) >= 11 is 0. The van der Waals surface area contributed by atoms with Crippen molar-refractivity contribution in [2.45, 2.75) is 50.1 Å². The van der Waals surface area contributed by atoms with Crippen molar-refractivity contribution in [3.8, 4) is 22.3 Å². The number of fused-ring (bicyclic) bond motifs is 3. The predicted molar refractivity (Wildman–Crippen MR) is 176 cm³/mol. The first-order valence-corrected chi connectivity index (χ1v) is 16.0. The van der Waals surface area contributed by atoms with Crippen LogP contribution in [0.1, 0.15) is 52.0 Å².